The summed E-state index contributed by atoms with van der Waals surface area (Å²) < 4.78 is 49.0. The van der Waals surface area contributed by atoms with E-state index < -0.39 is 21.9 Å². The van der Waals surface area contributed by atoms with E-state index in [1.807, 2.05) is 6.92 Å². The molecule has 2 aromatic carbocycles. The van der Waals surface area contributed by atoms with Crippen LogP contribution in [0.5, 0.6) is 5.88 Å². The van der Waals surface area contributed by atoms with E-state index in [2.05, 4.69) is 9.72 Å². The molecule has 1 aromatic heterocycles. The molecule has 0 unspecified atom stereocenters. The van der Waals surface area contributed by atoms with Crippen LogP contribution >= 0.6 is 0 Å². The molecule has 0 aliphatic rings. The number of carbonyl (C=O) groups is 1. The number of carbonyl (C=O) groups excluding carboxylic acids is 1. The molecule has 0 aliphatic carbocycles. The van der Waals surface area contributed by atoms with E-state index in [4.69, 9.17) is 4.18 Å². The van der Waals surface area contributed by atoms with Gasteiger partial charge in [-0.05, 0) is 37.3 Å². The summed E-state index contributed by atoms with van der Waals surface area (Å²) >= 11 is 0. The molecule has 3 rings (SSSR count). The Hall–Kier alpha value is -3.26. The molecule has 8 heteroatoms. The summed E-state index contributed by atoms with van der Waals surface area (Å²) in [5, 5.41) is 0. The highest BCUT2D eigenvalue weighted by Gasteiger charge is 2.20. The van der Waals surface area contributed by atoms with Crippen LogP contribution in [-0.2, 0) is 14.9 Å². The zero-order valence-corrected chi connectivity index (χ0v) is 15.9. The highest BCUT2D eigenvalue weighted by molar-refractivity contribution is 7.87. The molecule has 6 nitrogen and oxygen atoms in total. The van der Waals surface area contributed by atoms with Crippen molar-refractivity contribution in [2.24, 2.45) is 0 Å². The van der Waals surface area contributed by atoms with Crippen LogP contribution in [0.4, 0.5) is 4.39 Å². The van der Waals surface area contributed by atoms with Gasteiger partial charge >= 0.3 is 16.1 Å². The molecule has 0 radical (unpaired) electrons. The Bertz CT molecular complexity index is 1130. The maximum absolute atomic E-state index is 14.1. The van der Waals surface area contributed by atoms with Crippen molar-refractivity contribution in [3.05, 3.63) is 77.6 Å². The number of benzene rings is 2. The van der Waals surface area contributed by atoms with E-state index in [0.717, 1.165) is 11.6 Å². The number of pyridine rings is 1. The molecule has 3 aromatic rings. The van der Waals surface area contributed by atoms with Crippen molar-refractivity contribution in [1.29, 1.82) is 0 Å². The summed E-state index contributed by atoms with van der Waals surface area (Å²) in [6, 6.07) is 14.2. The third kappa shape index (κ3) is 4.17. The summed E-state index contributed by atoms with van der Waals surface area (Å²) in [5.41, 5.74) is 0.984. The zero-order valence-electron chi connectivity index (χ0n) is 15.0. The molecule has 0 N–H and O–H groups in total. The van der Waals surface area contributed by atoms with Gasteiger partial charge in [-0.15, -0.1) is 0 Å². The van der Waals surface area contributed by atoms with Crippen LogP contribution in [0.25, 0.3) is 11.3 Å². The SMILES string of the molecule is COC(=O)c1cc(OS(=O)(=O)c2ccc(C)cc2)nc(-c2ccccc2F)c1. The lowest BCUT2D eigenvalue weighted by Gasteiger charge is -2.10. The maximum Gasteiger partial charge on any atom is 0.340 e. The van der Waals surface area contributed by atoms with Gasteiger partial charge in [-0.25, -0.2) is 14.2 Å². The van der Waals surface area contributed by atoms with E-state index in [-0.39, 0.29) is 27.6 Å². The van der Waals surface area contributed by atoms with Crippen LogP contribution in [0.1, 0.15) is 15.9 Å². The largest absolute Gasteiger partial charge is 0.465 e. The van der Waals surface area contributed by atoms with Crippen molar-refractivity contribution in [1.82, 2.24) is 4.98 Å². The second-order valence-electron chi connectivity index (χ2n) is 5.90. The minimum atomic E-state index is -4.20. The van der Waals surface area contributed by atoms with Gasteiger partial charge in [-0.1, -0.05) is 29.8 Å². The predicted molar refractivity (Wildman–Crippen MR) is 100.0 cm³/mol. The first-order valence-corrected chi connectivity index (χ1v) is 9.57. The van der Waals surface area contributed by atoms with Gasteiger partial charge in [0.2, 0.25) is 5.88 Å². The molecule has 0 spiro atoms. The summed E-state index contributed by atoms with van der Waals surface area (Å²) in [4.78, 5) is 15.9. The summed E-state index contributed by atoms with van der Waals surface area (Å²) in [6.07, 6.45) is 0. The van der Waals surface area contributed by atoms with E-state index in [0.29, 0.717) is 0 Å². The van der Waals surface area contributed by atoms with Gasteiger partial charge in [0.15, 0.2) is 0 Å². The van der Waals surface area contributed by atoms with Crippen LogP contribution in [0, 0.1) is 12.7 Å². The lowest BCUT2D eigenvalue weighted by molar-refractivity contribution is 0.0600. The maximum atomic E-state index is 14.1. The van der Waals surface area contributed by atoms with Gasteiger partial charge in [0, 0.05) is 11.6 Å². The predicted octanol–water partition coefficient (Wildman–Crippen LogP) is 3.75. The van der Waals surface area contributed by atoms with Gasteiger partial charge in [-0.3, -0.25) is 0 Å². The topological polar surface area (TPSA) is 82.6 Å². The Morgan fingerprint density at radius 3 is 2.36 bits per heavy atom. The van der Waals surface area contributed by atoms with Crippen molar-refractivity contribution < 1.29 is 26.5 Å². The van der Waals surface area contributed by atoms with Crippen LogP contribution in [0.2, 0.25) is 0 Å². The van der Waals surface area contributed by atoms with Crippen LogP contribution < -0.4 is 4.18 Å². The number of aryl methyl sites for hydroxylation is 1. The molecule has 1 heterocycles. The number of ether oxygens (including phenoxy) is 1. The molecule has 0 fully saturated rings. The summed E-state index contributed by atoms with van der Waals surface area (Å²) in [6.45, 7) is 1.82. The van der Waals surface area contributed by atoms with Crippen molar-refractivity contribution in [2.45, 2.75) is 11.8 Å². The average Bonchev–Trinajstić information content (AvgIpc) is 2.67. The number of esters is 1. The van der Waals surface area contributed by atoms with Crippen LogP contribution in [0.3, 0.4) is 0 Å². The number of rotatable bonds is 5. The van der Waals surface area contributed by atoms with Gasteiger partial charge in [-0.2, -0.15) is 8.42 Å². The Labute approximate surface area is 161 Å². The molecule has 0 aliphatic heterocycles. The van der Waals surface area contributed by atoms with Gasteiger partial charge in [0.1, 0.15) is 10.7 Å². The Morgan fingerprint density at radius 2 is 1.71 bits per heavy atom. The van der Waals surface area contributed by atoms with Crippen molar-refractivity contribution in [3.8, 4) is 17.1 Å². The third-order valence-corrected chi connectivity index (χ3v) is 5.12. The second kappa shape index (κ2) is 7.77. The molecule has 0 bridgehead atoms. The van der Waals surface area contributed by atoms with E-state index in [1.54, 1.807) is 18.2 Å². The number of hydrogen-bond donors (Lipinski definition) is 0. The first-order chi connectivity index (χ1) is 13.3. The first kappa shape index (κ1) is 19.5. The normalized spacial score (nSPS) is 11.1. The standard InChI is InChI=1S/C20H16FNO5S/c1-13-7-9-15(10-8-13)28(24,25)27-19-12-14(20(23)26-2)11-18(22-19)16-5-3-4-6-17(16)21/h3-12H,1-2H3. The molecule has 144 valence electrons. The van der Waals surface area contributed by atoms with Crippen molar-refractivity contribution in [3.63, 3.8) is 0 Å². The van der Waals surface area contributed by atoms with E-state index in [9.17, 15) is 17.6 Å². The number of methoxy groups -OCH3 is 1. The first-order valence-electron chi connectivity index (χ1n) is 8.16. The fourth-order valence-electron chi connectivity index (χ4n) is 2.46. The smallest absolute Gasteiger partial charge is 0.340 e. The van der Waals surface area contributed by atoms with Crippen molar-refractivity contribution in [2.75, 3.05) is 7.11 Å². The molecule has 0 atom stereocenters. The minimum absolute atomic E-state index is 0.0233. The van der Waals surface area contributed by atoms with Gasteiger partial charge in [0.25, 0.3) is 0 Å². The fraction of sp³-hybridized carbons (Fsp3) is 0.100. The number of aromatic nitrogens is 1. The van der Waals surface area contributed by atoms with Gasteiger partial charge < -0.3 is 8.92 Å². The highest BCUT2D eigenvalue weighted by Crippen LogP contribution is 2.26. The summed E-state index contributed by atoms with van der Waals surface area (Å²) in [7, 11) is -3.02. The monoisotopic (exact) mass is 401 g/mol. The van der Waals surface area contributed by atoms with E-state index >= 15 is 0 Å². The third-order valence-electron chi connectivity index (χ3n) is 3.88. The Balaban J connectivity index is 2.07. The van der Waals surface area contributed by atoms with Crippen LogP contribution in [0.15, 0.2) is 65.6 Å². The Kier molecular flexibility index (Phi) is 5.41. The summed E-state index contributed by atoms with van der Waals surface area (Å²) in [5.74, 6) is -1.69. The van der Waals surface area contributed by atoms with Gasteiger partial charge in [0.05, 0.1) is 18.4 Å². The quantitative estimate of drug-likeness (QED) is 0.478. The lowest BCUT2D eigenvalue weighted by atomic mass is 10.1. The molecular formula is C20H16FNO5S. The molecular weight excluding hydrogens is 385 g/mol. The molecule has 28 heavy (non-hydrogen) atoms. The molecule has 0 saturated carbocycles. The number of nitrogens with zero attached hydrogens (tertiary/aromatic N) is 1. The molecule has 0 amide bonds. The zero-order chi connectivity index (χ0) is 20.3. The average molecular weight is 401 g/mol. The second-order valence-corrected chi connectivity index (χ2v) is 7.45. The Morgan fingerprint density at radius 1 is 1.04 bits per heavy atom. The van der Waals surface area contributed by atoms with Crippen LogP contribution in [-0.4, -0.2) is 26.5 Å². The van der Waals surface area contributed by atoms with Crippen molar-refractivity contribution >= 4 is 16.1 Å². The number of halogens is 1. The fourth-order valence-corrected chi connectivity index (χ4v) is 3.33. The minimum Gasteiger partial charge on any atom is -0.465 e. The van der Waals surface area contributed by atoms with E-state index in [1.165, 1.54) is 43.5 Å². The highest BCUT2D eigenvalue weighted by atomic mass is 32.2. The molecule has 0 saturated heterocycles. The lowest BCUT2D eigenvalue weighted by Crippen LogP contribution is -2.12. The number of hydrogen-bond acceptors (Lipinski definition) is 6.